The Morgan fingerprint density at radius 1 is 1.38 bits per heavy atom. The van der Waals surface area contributed by atoms with Crippen LogP contribution >= 0.6 is 11.6 Å². The van der Waals surface area contributed by atoms with Crippen molar-refractivity contribution in [3.63, 3.8) is 0 Å². The second-order valence-corrected chi connectivity index (χ2v) is 6.14. The van der Waals surface area contributed by atoms with Gasteiger partial charge in [0.25, 0.3) is 0 Å². The van der Waals surface area contributed by atoms with Gasteiger partial charge in [0.05, 0.1) is 5.92 Å². The molecule has 21 heavy (non-hydrogen) atoms. The van der Waals surface area contributed by atoms with E-state index < -0.39 is 12.1 Å². The predicted molar refractivity (Wildman–Crippen MR) is 78.9 cm³/mol. The summed E-state index contributed by atoms with van der Waals surface area (Å²) >= 11 is 5.89. The summed E-state index contributed by atoms with van der Waals surface area (Å²) in [7, 11) is 0. The number of nitrogens with zero attached hydrogens (tertiary/aromatic N) is 2. The molecule has 1 aliphatic heterocycles. The Hall–Kier alpha value is -0.970. The van der Waals surface area contributed by atoms with Crippen molar-refractivity contribution in [3.05, 3.63) is 23.4 Å². The fourth-order valence-electron chi connectivity index (χ4n) is 2.58. The first-order valence-corrected chi connectivity index (χ1v) is 7.73. The summed E-state index contributed by atoms with van der Waals surface area (Å²) in [5, 5.41) is 0. The zero-order valence-electron chi connectivity index (χ0n) is 12.3. The van der Waals surface area contributed by atoms with E-state index in [4.69, 9.17) is 11.6 Å². The van der Waals surface area contributed by atoms with Crippen molar-refractivity contribution >= 4 is 17.4 Å². The van der Waals surface area contributed by atoms with Crippen molar-refractivity contribution in [1.29, 1.82) is 0 Å². The number of hydrogen-bond donors (Lipinski definition) is 0. The molecule has 118 valence electrons. The normalized spacial score (nSPS) is 20.1. The van der Waals surface area contributed by atoms with Crippen LogP contribution in [0, 0.1) is 5.92 Å². The minimum atomic E-state index is -4.14. The molecule has 1 aliphatic rings. The Kier molecular flexibility index (Phi) is 5.02. The Bertz CT molecular complexity index is 488. The molecule has 0 bridgehead atoms. The molecule has 1 aromatic rings. The molecule has 0 aromatic carbocycles. The topological polar surface area (TPSA) is 16.1 Å². The van der Waals surface area contributed by atoms with Crippen molar-refractivity contribution in [1.82, 2.24) is 4.98 Å². The number of piperidine rings is 1. The number of hydrogen-bond acceptors (Lipinski definition) is 2. The summed E-state index contributed by atoms with van der Waals surface area (Å²) in [5.41, 5.74) is 1.77. The van der Waals surface area contributed by atoms with Gasteiger partial charge in [-0.1, -0.05) is 13.8 Å². The van der Waals surface area contributed by atoms with Crippen LogP contribution in [0.5, 0.6) is 0 Å². The molecule has 1 aromatic heterocycles. The van der Waals surface area contributed by atoms with Crippen LogP contribution in [0.25, 0.3) is 0 Å². The van der Waals surface area contributed by atoms with E-state index in [2.05, 4.69) is 4.98 Å². The van der Waals surface area contributed by atoms with E-state index in [9.17, 15) is 13.2 Å². The van der Waals surface area contributed by atoms with Crippen LogP contribution in [0.2, 0.25) is 0 Å². The Morgan fingerprint density at radius 3 is 2.67 bits per heavy atom. The van der Waals surface area contributed by atoms with E-state index in [0.717, 1.165) is 11.3 Å². The number of alkyl halides is 4. The Labute approximate surface area is 128 Å². The lowest BCUT2D eigenvalue weighted by Gasteiger charge is -2.35. The molecule has 1 unspecified atom stereocenters. The quantitative estimate of drug-likeness (QED) is 0.749. The molecule has 0 N–H and O–H groups in total. The SMILES string of the molecule is CC(C)c1cc(CCl)cc(N2CCCC(C(F)(F)F)C2)n1. The van der Waals surface area contributed by atoms with E-state index in [-0.39, 0.29) is 18.9 Å². The van der Waals surface area contributed by atoms with E-state index >= 15 is 0 Å². The van der Waals surface area contributed by atoms with Crippen LogP contribution < -0.4 is 4.90 Å². The summed E-state index contributed by atoms with van der Waals surface area (Å²) in [6, 6.07) is 3.73. The lowest BCUT2D eigenvalue weighted by atomic mass is 9.97. The number of anilines is 1. The molecule has 2 rings (SSSR count). The van der Waals surface area contributed by atoms with E-state index in [1.807, 2.05) is 19.9 Å². The van der Waals surface area contributed by atoms with Gasteiger partial charge in [0.2, 0.25) is 0 Å². The highest BCUT2D eigenvalue weighted by Gasteiger charge is 2.42. The second-order valence-electron chi connectivity index (χ2n) is 5.87. The lowest BCUT2D eigenvalue weighted by molar-refractivity contribution is -0.176. The zero-order valence-corrected chi connectivity index (χ0v) is 13.0. The standard InChI is InChI=1S/C15H20ClF3N2/c1-10(2)13-6-11(8-16)7-14(20-13)21-5-3-4-12(9-21)15(17,18)19/h6-7,10,12H,3-5,8-9H2,1-2H3. The highest BCUT2D eigenvalue weighted by atomic mass is 35.5. The Balaban J connectivity index is 2.26. The second kappa shape index (κ2) is 6.42. The molecule has 0 amide bonds. The summed E-state index contributed by atoms with van der Waals surface area (Å²) in [4.78, 5) is 6.26. The van der Waals surface area contributed by atoms with Gasteiger partial charge in [0, 0.05) is 24.7 Å². The van der Waals surface area contributed by atoms with Gasteiger partial charge in [-0.15, -0.1) is 11.6 Å². The molecule has 6 heteroatoms. The first-order chi connectivity index (χ1) is 9.81. The maximum Gasteiger partial charge on any atom is 0.393 e. The third kappa shape index (κ3) is 4.02. The van der Waals surface area contributed by atoms with Crippen LogP contribution in [0.15, 0.2) is 12.1 Å². The van der Waals surface area contributed by atoms with Gasteiger partial charge in [0.15, 0.2) is 0 Å². The average molecular weight is 321 g/mol. The van der Waals surface area contributed by atoms with Crippen LogP contribution in [0.1, 0.15) is 43.9 Å². The van der Waals surface area contributed by atoms with Gasteiger partial charge in [-0.25, -0.2) is 4.98 Å². The van der Waals surface area contributed by atoms with Gasteiger partial charge in [-0.3, -0.25) is 0 Å². The molecule has 1 fully saturated rings. The van der Waals surface area contributed by atoms with Crippen molar-refractivity contribution in [2.24, 2.45) is 5.92 Å². The molecule has 0 spiro atoms. The fourth-order valence-corrected chi connectivity index (χ4v) is 2.74. The minimum absolute atomic E-state index is 0.0141. The van der Waals surface area contributed by atoms with E-state index in [0.29, 0.717) is 24.7 Å². The molecule has 1 saturated heterocycles. The molecule has 0 saturated carbocycles. The smallest absolute Gasteiger partial charge is 0.356 e. The number of halogens is 4. The average Bonchev–Trinajstić information content (AvgIpc) is 2.46. The molecular weight excluding hydrogens is 301 g/mol. The van der Waals surface area contributed by atoms with Gasteiger partial charge >= 0.3 is 6.18 Å². The first kappa shape index (κ1) is 16.4. The first-order valence-electron chi connectivity index (χ1n) is 7.19. The third-order valence-corrected chi connectivity index (χ3v) is 4.15. The molecule has 1 atom stereocenters. The van der Waals surface area contributed by atoms with Gasteiger partial charge < -0.3 is 4.90 Å². The highest BCUT2D eigenvalue weighted by Crippen LogP contribution is 2.35. The summed E-state index contributed by atoms with van der Waals surface area (Å²) in [6.45, 7) is 4.63. The van der Waals surface area contributed by atoms with Crippen LogP contribution in [-0.4, -0.2) is 24.2 Å². The molecule has 0 radical (unpaired) electrons. The van der Waals surface area contributed by atoms with Crippen molar-refractivity contribution < 1.29 is 13.2 Å². The third-order valence-electron chi connectivity index (χ3n) is 3.85. The fraction of sp³-hybridized carbons (Fsp3) is 0.667. The largest absolute Gasteiger partial charge is 0.393 e. The zero-order chi connectivity index (χ0) is 15.6. The lowest BCUT2D eigenvalue weighted by Crippen LogP contribution is -2.42. The van der Waals surface area contributed by atoms with E-state index in [1.54, 1.807) is 11.0 Å². The number of pyridine rings is 1. The number of aromatic nitrogens is 1. The summed E-state index contributed by atoms with van der Waals surface area (Å²) in [6.07, 6.45) is -3.40. The maximum atomic E-state index is 12.9. The minimum Gasteiger partial charge on any atom is -0.356 e. The van der Waals surface area contributed by atoms with Crippen LogP contribution in [0.4, 0.5) is 19.0 Å². The summed E-state index contributed by atoms with van der Waals surface area (Å²) in [5.74, 6) is -0.0951. The summed E-state index contributed by atoms with van der Waals surface area (Å²) < 4.78 is 38.7. The van der Waals surface area contributed by atoms with Gasteiger partial charge in [-0.2, -0.15) is 13.2 Å². The van der Waals surface area contributed by atoms with E-state index in [1.165, 1.54) is 0 Å². The maximum absolute atomic E-state index is 12.9. The Morgan fingerprint density at radius 2 is 2.10 bits per heavy atom. The van der Waals surface area contributed by atoms with Gasteiger partial charge in [0.1, 0.15) is 5.82 Å². The van der Waals surface area contributed by atoms with Crippen LogP contribution in [-0.2, 0) is 5.88 Å². The molecule has 2 heterocycles. The highest BCUT2D eigenvalue weighted by molar-refractivity contribution is 6.17. The van der Waals surface area contributed by atoms with Crippen molar-refractivity contribution in [3.8, 4) is 0 Å². The van der Waals surface area contributed by atoms with Gasteiger partial charge in [-0.05, 0) is 36.5 Å². The van der Waals surface area contributed by atoms with Crippen molar-refractivity contribution in [2.45, 2.75) is 44.7 Å². The molecule has 2 nitrogen and oxygen atoms in total. The molecular formula is C15H20ClF3N2. The van der Waals surface area contributed by atoms with Crippen molar-refractivity contribution in [2.75, 3.05) is 18.0 Å². The molecule has 0 aliphatic carbocycles. The van der Waals surface area contributed by atoms with Crippen LogP contribution in [0.3, 0.4) is 0 Å². The number of rotatable bonds is 3. The predicted octanol–water partition coefficient (Wildman–Crippen LogP) is 4.72. The monoisotopic (exact) mass is 320 g/mol.